The highest BCUT2D eigenvalue weighted by molar-refractivity contribution is 7.99. The summed E-state index contributed by atoms with van der Waals surface area (Å²) in [6.07, 6.45) is 1.99. The minimum atomic E-state index is -0.205. The molecule has 0 bridgehead atoms. The van der Waals surface area contributed by atoms with E-state index >= 15 is 0 Å². The van der Waals surface area contributed by atoms with Gasteiger partial charge in [0.15, 0.2) is 0 Å². The highest BCUT2D eigenvalue weighted by Gasteiger charge is 2.04. The molecule has 0 saturated heterocycles. The van der Waals surface area contributed by atoms with Crippen LogP contribution >= 0.6 is 23.4 Å². The molecule has 0 radical (unpaired) electrons. The lowest BCUT2D eigenvalue weighted by Gasteiger charge is -2.05. The smallest absolute Gasteiger partial charge is 0.306 e. The summed E-state index contributed by atoms with van der Waals surface area (Å²) in [6, 6.07) is 13.4. The molecule has 0 saturated carbocycles. The van der Waals surface area contributed by atoms with Crippen molar-refractivity contribution in [1.29, 1.82) is 0 Å². The number of hydrogen-bond donors (Lipinski definition) is 0. The molecule has 0 unspecified atom stereocenters. The monoisotopic (exact) mass is 307 g/mol. The predicted octanol–water partition coefficient (Wildman–Crippen LogP) is 3.96. The number of rotatable bonds is 6. The first-order valence-corrected chi connectivity index (χ1v) is 7.54. The molecular weight excluding hydrogens is 294 g/mol. The molecule has 0 aliphatic rings. The average molecular weight is 308 g/mol. The van der Waals surface area contributed by atoms with E-state index in [0.717, 1.165) is 10.5 Å². The van der Waals surface area contributed by atoms with E-state index in [2.05, 4.69) is 4.98 Å². The molecule has 0 amide bonds. The molecule has 2 rings (SSSR count). The zero-order valence-corrected chi connectivity index (χ0v) is 12.4. The van der Waals surface area contributed by atoms with E-state index in [1.54, 1.807) is 30.1 Å². The van der Waals surface area contributed by atoms with Crippen molar-refractivity contribution in [1.82, 2.24) is 4.98 Å². The van der Waals surface area contributed by atoms with Crippen LogP contribution in [0.1, 0.15) is 12.0 Å². The van der Waals surface area contributed by atoms with E-state index in [1.807, 2.05) is 30.3 Å². The van der Waals surface area contributed by atoms with Crippen LogP contribution in [0.25, 0.3) is 0 Å². The Morgan fingerprint density at radius 1 is 1.20 bits per heavy atom. The molecule has 0 N–H and O–H groups in total. The van der Waals surface area contributed by atoms with E-state index < -0.39 is 0 Å². The average Bonchev–Trinajstić information content (AvgIpc) is 2.48. The molecule has 0 fully saturated rings. The molecule has 20 heavy (non-hydrogen) atoms. The van der Waals surface area contributed by atoms with Crippen LogP contribution in [0.15, 0.2) is 53.6 Å². The van der Waals surface area contributed by atoms with Gasteiger partial charge >= 0.3 is 5.97 Å². The fraction of sp³-hybridized carbons (Fsp3) is 0.200. The molecule has 0 aliphatic heterocycles. The second-order valence-corrected chi connectivity index (χ2v) is 5.62. The van der Waals surface area contributed by atoms with Crippen LogP contribution in [0.4, 0.5) is 0 Å². The quantitative estimate of drug-likeness (QED) is 0.460. The number of nitrogens with zero attached hydrogens (tertiary/aromatic N) is 1. The van der Waals surface area contributed by atoms with Crippen molar-refractivity contribution in [3.63, 3.8) is 0 Å². The lowest BCUT2D eigenvalue weighted by atomic mass is 10.3. The third kappa shape index (κ3) is 5.23. The van der Waals surface area contributed by atoms with Gasteiger partial charge < -0.3 is 4.74 Å². The maximum Gasteiger partial charge on any atom is 0.306 e. The summed E-state index contributed by atoms with van der Waals surface area (Å²) in [7, 11) is 0. The van der Waals surface area contributed by atoms with Gasteiger partial charge in [-0.3, -0.25) is 4.79 Å². The molecule has 2 aromatic rings. The van der Waals surface area contributed by atoms with Gasteiger partial charge in [-0.1, -0.05) is 35.9 Å². The van der Waals surface area contributed by atoms with Crippen molar-refractivity contribution in [3.05, 3.63) is 59.4 Å². The van der Waals surface area contributed by atoms with Gasteiger partial charge in [0, 0.05) is 22.4 Å². The first-order chi connectivity index (χ1) is 9.74. The van der Waals surface area contributed by atoms with Crippen molar-refractivity contribution in [2.24, 2.45) is 0 Å². The second-order valence-electron chi connectivity index (χ2n) is 4.06. The summed E-state index contributed by atoms with van der Waals surface area (Å²) in [6.45, 7) is 0.235. The van der Waals surface area contributed by atoms with Crippen LogP contribution in [0, 0.1) is 0 Å². The van der Waals surface area contributed by atoms with Crippen LogP contribution in [0.2, 0.25) is 5.15 Å². The number of hydrogen-bond acceptors (Lipinski definition) is 4. The maximum atomic E-state index is 11.6. The molecule has 1 aromatic carbocycles. The largest absolute Gasteiger partial charge is 0.461 e. The molecule has 1 heterocycles. The van der Waals surface area contributed by atoms with E-state index in [1.165, 1.54) is 0 Å². The Bertz CT molecular complexity index is 546. The van der Waals surface area contributed by atoms with Crippen LogP contribution in [-0.2, 0) is 16.1 Å². The third-order valence-corrected chi connectivity index (χ3v) is 3.74. The predicted molar refractivity (Wildman–Crippen MR) is 80.8 cm³/mol. The van der Waals surface area contributed by atoms with Gasteiger partial charge in [0.05, 0.1) is 6.42 Å². The number of halogens is 1. The highest BCUT2D eigenvalue weighted by atomic mass is 35.5. The van der Waals surface area contributed by atoms with Crippen molar-refractivity contribution in [2.45, 2.75) is 17.9 Å². The minimum absolute atomic E-state index is 0.205. The second kappa shape index (κ2) is 7.92. The van der Waals surface area contributed by atoms with Gasteiger partial charge in [-0.05, 0) is 18.2 Å². The highest BCUT2D eigenvalue weighted by Crippen LogP contribution is 2.18. The summed E-state index contributed by atoms with van der Waals surface area (Å²) >= 11 is 7.32. The van der Waals surface area contributed by atoms with Crippen molar-refractivity contribution in [3.8, 4) is 0 Å². The Morgan fingerprint density at radius 3 is 2.70 bits per heavy atom. The first-order valence-electron chi connectivity index (χ1n) is 6.18. The summed E-state index contributed by atoms with van der Waals surface area (Å²) in [4.78, 5) is 16.7. The molecule has 104 valence electrons. The fourth-order valence-electron chi connectivity index (χ4n) is 1.50. The van der Waals surface area contributed by atoms with E-state index in [-0.39, 0.29) is 12.6 Å². The van der Waals surface area contributed by atoms with Crippen LogP contribution in [0.3, 0.4) is 0 Å². The Hall–Kier alpha value is -1.52. The van der Waals surface area contributed by atoms with Crippen LogP contribution < -0.4 is 0 Å². The number of carbonyl (C=O) groups excluding carboxylic acids is 1. The van der Waals surface area contributed by atoms with Gasteiger partial charge in [0.1, 0.15) is 11.8 Å². The zero-order chi connectivity index (χ0) is 14.2. The Morgan fingerprint density at radius 2 is 2.00 bits per heavy atom. The topological polar surface area (TPSA) is 39.2 Å². The van der Waals surface area contributed by atoms with Crippen molar-refractivity contribution < 1.29 is 9.53 Å². The number of esters is 1. The summed E-state index contributed by atoms with van der Waals surface area (Å²) in [5.74, 6) is 0.505. The zero-order valence-electron chi connectivity index (χ0n) is 10.8. The molecule has 0 atom stereocenters. The molecule has 5 heteroatoms. The number of thioether (sulfide) groups is 1. The normalized spacial score (nSPS) is 10.2. The summed E-state index contributed by atoms with van der Waals surface area (Å²) in [5, 5.41) is 0.430. The van der Waals surface area contributed by atoms with Crippen LogP contribution in [0.5, 0.6) is 0 Å². The molecule has 0 spiro atoms. The van der Waals surface area contributed by atoms with Gasteiger partial charge in [-0.2, -0.15) is 0 Å². The number of ether oxygens (including phenoxy) is 1. The number of benzene rings is 1. The number of aromatic nitrogens is 1. The van der Waals surface area contributed by atoms with Gasteiger partial charge in [-0.25, -0.2) is 4.98 Å². The molecular formula is C15H14ClNO2S. The van der Waals surface area contributed by atoms with E-state index in [4.69, 9.17) is 16.3 Å². The van der Waals surface area contributed by atoms with Gasteiger partial charge in [-0.15, -0.1) is 11.8 Å². The first kappa shape index (κ1) is 14.9. The fourth-order valence-corrected chi connectivity index (χ4v) is 2.46. The standard InChI is InChI=1S/C15H14ClNO2S/c16-14-7-6-12(10-17-14)11-19-15(18)8-9-20-13-4-2-1-3-5-13/h1-7,10H,8-9,11H2. The van der Waals surface area contributed by atoms with Gasteiger partial charge in [0.25, 0.3) is 0 Å². The lowest BCUT2D eigenvalue weighted by Crippen LogP contribution is -2.05. The number of pyridine rings is 1. The Kier molecular flexibility index (Phi) is 5.89. The van der Waals surface area contributed by atoms with Gasteiger partial charge in [0.2, 0.25) is 0 Å². The molecule has 3 nitrogen and oxygen atoms in total. The van der Waals surface area contributed by atoms with E-state index in [0.29, 0.717) is 17.3 Å². The molecule has 1 aromatic heterocycles. The third-order valence-electron chi connectivity index (χ3n) is 2.51. The summed E-state index contributed by atoms with van der Waals surface area (Å²) < 4.78 is 5.17. The minimum Gasteiger partial charge on any atom is -0.461 e. The van der Waals surface area contributed by atoms with Crippen molar-refractivity contribution in [2.75, 3.05) is 5.75 Å². The Labute approximate surface area is 127 Å². The van der Waals surface area contributed by atoms with E-state index in [9.17, 15) is 4.79 Å². The van der Waals surface area contributed by atoms with Crippen molar-refractivity contribution >= 4 is 29.3 Å². The lowest BCUT2D eigenvalue weighted by molar-refractivity contribution is -0.144. The maximum absolute atomic E-state index is 11.6. The SMILES string of the molecule is O=C(CCSc1ccccc1)OCc1ccc(Cl)nc1. The Balaban J connectivity index is 1.67. The van der Waals surface area contributed by atoms with Crippen LogP contribution in [-0.4, -0.2) is 16.7 Å². The number of carbonyl (C=O) groups is 1. The molecule has 0 aliphatic carbocycles. The summed E-state index contributed by atoms with van der Waals surface area (Å²) in [5.41, 5.74) is 0.832.